The highest BCUT2D eigenvalue weighted by atomic mass is 19.1. The molecule has 1 amide bonds. The van der Waals surface area contributed by atoms with Crippen molar-refractivity contribution < 1.29 is 28.2 Å². The molecule has 0 saturated heterocycles. The Labute approximate surface area is 215 Å². The van der Waals surface area contributed by atoms with Crippen molar-refractivity contribution in [1.29, 1.82) is 0 Å². The number of hydrogen-bond acceptors (Lipinski definition) is 6. The second kappa shape index (κ2) is 7.68. The van der Waals surface area contributed by atoms with E-state index in [1.807, 2.05) is 13.8 Å². The van der Waals surface area contributed by atoms with E-state index < -0.39 is 34.1 Å². The first-order valence-electron chi connectivity index (χ1n) is 13.3. The van der Waals surface area contributed by atoms with Gasteiger partial charge >= 0.3 is 5.97 Å². The van der Waals surface area contributed by atoms with Crippen molar-refractivity contribution in [3.63, 3.8) is 0 Å². The fraction of sp³-hybridized carbons (Fsp3) is 0.552. The summed E-state index contributed by atoms with van der Waals surface area (Å²) in [6, 6.07) is 2.80. The van der Waals surface area contributed by atoms with Gasteiger partial charge in [0.25, 0.3) is 0 Å². The van der Waals surface area contributed by atoms with Gasteiger partial charge in [0.15, 0.2) is 5.78 Å². The van der Waals surface area contributed by atoms with Crippen LogP contribution >= 0.6 is 0 Å². The molecule has 1 aromatic carbocycles. The molecular weight excluding hydrogens is 475 g/mol. The number of nitrogens with zero attached hydrogens (tertiary/aromatic N) is 1. The van der Waals surface area contributed by atoms with Crippen molar-refractivity contribution in [3.05, 3.63) is 51.9 Å². The molecule has 8 heteroatoms. The molecular formula is C29H33FN2O5. The number of benzene rings is 1. The van der Waals surface area contributed by atoms with Crippen molar-refractivity contribution in [1.82, 2.24) is 0 Å². The third-order valence-corrected chi connectivity index (χ3v) is 9.03. The lowest BCUT2D eigenvalue weighted by Crippen LogP contribution is -2.58. The number of nitrogens with two attached hydrogens (primary N) is 1. The largest absolute Gasteiger partial charge is 0.462 e. The first-order valence-corrected chi connectivity index (χ1v) is 13.3. The van der Waals surface area contributed by atoms with Crippen LogP contribution in [0.2, 0.25) is 0 Å². The zero-order valence-corrected chi connectivity index (χ0v) is 21.8. The number of Topliss-reactive ketones (excluding diaryl/α,β-unsaturated/α-hetero) is 1. The van der Waals surface area contributed by atoms with Crippen LogP contribution < -0.4 is 10.6 Å². The number of halogens is 1. The van der Waals surface area contributed by atoms with Crippen LogP contribution in [0.15, 0.2) is 34.9 Å². The SMILES string of the molecule is CCOC(=O)C1=C(N)OC2=C(C(=O)CC(C)(C)C2)[C@]12C(=O)N1c3c(cc(F)cc32)[C@@H](C)CC12CCCC2. The molecule has 196 valence electrons. The average molecular weight is 509 g/mol. The second-order valence-corrected chi connectivity index (χ2v) is 12.1. The van der Waals surface area contributed by atoms with Crippen LogP contribution in [-0.2, 0) is 29.3 Å². The van der Waals surface area contributed by atoms with Gasteiger partial charge in [-0.1, -0.05) is 33.6 Å². The van der Waals surface area contributed by atoms with Gasteiger partial charge in [-0.3, -0.25) is 9.59 Å². The predicted octanol–water partition coefficient (Wildman–Crippen LogP) is 4.64. The summed E-state index contributed by atoms with van der Waals surface area (Å²) in [7, 11) is 0. The maximum atomic E-state index is 15.4. The van der Waals surface area contributed by atoms with Gasteiger partial charge in [-0.05, 0) is 55.2 Å². The Morgan fingerprint density at radius 2 is 1.92 bits per heavy atom. The summed E-state index contributed by atoms with van der Waals surface area (Å²) in [6.45, 7) is 7.65. The third kappa shape index (κ3) is 3.01. The van der Waals surface area contributed by atoms with Crippen molar-refractivity contribution in [3.8, 4) is 0 Å². The Balaban J connectivity index is 1.74. The van der Waals surface area contributed by atoms with Gasteiger partial charge in [0.2, 0.25) is 11.8 Å². The summed E-state index contributed by atoms with van der Waals surface area (Å²) >= 11 is 0. The first kappa shape index (κ1) is 24.2. The van der Waals surface area contributed by atoms with Crippen LogP contribution in [0.1, 0.15) is 89.7 Å². The number of ether oxygens (including phenoxy) is 2. The van der Waals surface area contributed by atoms with E-state index in [-0.39, 0.29) is 47.5 Å². The molecule has 37 heavy (non-hydrogen) atoms. The molecule has 0 radical (unpaired) electrons. The minimum atomic E-state index is -1.90. The summed E-state index contributed by atoms with van der Waals surface area (Å²) < 4.78 is 26.7. The van der Waals surface area contributed by atoms with Crippen LogP contribution in [-0.4, -0.2) is 29.8 Å². The van der Waals surface area contributed by atoms with Crippen molar-refractivity contribution in [2.75, 3.05) is 11.5 Å². The van der Waals surface area contributed by atoms with Gasteiger partial charge < -0.3 is 20.1 Å². The number of rotatable bonds is 2. The topological polar surface area (TPSA) is 98.9 Å². The Morgan fingerprint density at radius 3 is 2.59 bits per heavy atom. The van der Waals surface area contributed by atoms with Gasteiger partial charge in [-0.25, -0.2) is 9.18 Å². The lowest BCUT2D eigenvalue weighted by atomic mass is 9.61. The Hall–Kier alpha value is -3.16. The van der Waals surface area contributed by atoms with E-state index in [1.165, 1.54) is 12.1 Å². The number of ketones is 1. The molecule has 6 rings (SSSR count). The van der Waals surface area contributed by atoms with E-state index in [0.29, 0.717) is 24.1 Å². The zero-order chi connectivity index (χ0) is 26.5. The standard InChI is InChI=1S/C29H33FN2O5/c1-5-36-25(34)22-24(31)37-20-14-27(3,4)13-19(33)21(20)29(22)18-11-16(30)10-17-15(2)12-28(8-6-7-9-28)32(23(17)18)26(29)35/h10-11,15H,5-9,12-14,31H2,1-4H3/t15-,29-/m0/s1. The highest BCUT2D eigenvalue weighted by Crippen LogP contribution is 2.64. The molecule has 0 bridgehead atoms. The highest BCUT2D eigenvalue weighted by Gasteiger charge is 2.68. The van der Waals surface area contributed by atoms with E-state index in [4.69, 9.17) is 15.2 Å². The smallest absolute Gasteiger partial charge is 0.341 e. The summed E-state index contributed by atoms with van der Waals surface area (Å²) in [5.41, 5.74) is 5.18. The molecule has 2 aliphatic carbocycles. The Morgan fingerprint density at radius 1 is 1.22 bits per heavy atom. The van der Waals surface area contributed by atoms with Gasteiger partial charge in [0.1, 0.15) is 22.6 Å². The van der Waals surface area contributed by atoms with Gasteiger partial charge in [0, 0.05) is 23.9 Å². The third-order valence-electron chi connectivity index (χ3n) is 9.03. The summed E-state index contributed by atoms with van der Waals surface area (Å²) in [5, 5.41) is 0. The molecule has 3 heterocycles. The molecule has 1 fully saturated rings. The molecule has 5 aliphatic rings. The van der Waals surface area contributed by atoms with Crippen molar-refractivity contribution in [2.24, 2.45) is 11.1 Å². The molecule has 0 aromatic heterocycles. The minimum Gasteiger partial charge on any atom is -0.462 e. The van der Waals surface area contributed by atoms with Crippen LogP contribution in [0.3, 0.4) is 0 Å². The lowest BCUT2D eigenvalue weighted by molar-refractivity contribution is -0.141. The Bertz CT molecular complexity index is 1340. The van der Waals surface area contributed by atoms with E-state index in [1.54, 1.807) is 11.8 Å². The number of anilines is 1. The van der Waals surface area contributed by atoms with Crippen LogP contribution in [0.25, 0.3) is 0 Å². The normalized spacial score (nSPS) is 29.1. The molecule has 2 atom stereocenters. The number of allylic oxidation sites excluding steroid dienone is 1. The number of amides is 1. The van der Waals surface area contributed by atoms with Crippen LogP contribution in [0, 0.1) is 11.2 Å². The lowest BCUT2D eigenvalue weighted by Gasteiger charge is -2.47. The highest BCUT2D eigenvalue weighted by molar-refractivity contribution is 6.24. The van der Waals surface area contributed by atoms with E-state index >= 15 is 9.18 Å². The minimum absolute atomic E-state index is 0.00315. The van der Waals surface area contributed by atoms with Crippen LogP contribution in [0.4, 0.5) is 10.1 Å². The first-order chi connectivity index (χ1) is 17.5. The molecule has 0 unspecified atom stereocenters. The van der Waals surface area contributed by atoms with Gasteiger partial charge in [-0.15, -0.1) is 0 Å². The fourth-order valence-electron chi connectivity index (χ4n) is 7.80. The molecule has 7 nitrogen and oxygen atoms in total. The summed E-state index contributed by atoms with van der Waals surface area (Å²) in [6.07, 6.45) is 4.80. The fourth-order valence-corrected chi connectivity index (χ4v) is 7.80. The number of fused-ring (bicyclic) bond motifs is 3. The zero-order valence-electron chi connectivity index (χ0n) is 21.8. The maximum Gasteiger partial charge on any atom is 0.341 e. The maximum absolute atomic E-state index is 15.4. The molecule has 1 saturated carbocycles. The van der Waals surface area contributed by atoms with Gasteiger partial charge in [-0.2, -0.15) is 0 Å². The summed E-state index contributed by atoms with van der Waals surface area (Å²) in [5.74, 6) is -2.03. The monoisotopic (exact) mass is 508 g/mol. The molecule has 1 aromatic rings. The molecule has 3 aliphatic heterocycles. The average Bonchev–Trinajstić information content (AvgIpc) is 3.34. The van der Waals surface area contributed by atoms with E-state index in [2.05, 4.69) is 6.92 Å². The van der Waals surface area contributed by atoms with Crippen molar-refractivity contribution in [2.45, 2.75) is 89.5 Å². The van der Waals surface area contributed by atoms with E-state index in [0.717, 1.165) is 31.2 Å². The number of carbonyl (C=O) groups excluding carboxylic acids is 3. The van der Waals surface area contributed by atoms with Crippen LogP contribution in [0.5, 0.6) is 0 Å². The second-order valence-electron chi connectivity index (χ2n) is 12.1. The molecule has 2 N–H and O–H groups in total. The predicted molar refractivity (Wildman–Crippen MR) is 134 cm³/mol. The molecule has 2 spiro atoms. The van der Waals surface area contributed by atoms with E-state index in [9.17, 15) is 9.59 Å². The summed E-state index contributed by atoms with van der Waals surface area (Å²) in [4.78, 5) is 44.3. The van der Waals surface area contributed by atoms with Crippen molar-refractivity contribution >= 4 is 23.3 Å². The number of esters is 1. The number of carbonyl (C=O) groups is 3. The quantitative estimate of drug-likeness (QED) is 0.585. The Kier molecular flexibility index (Phi) is 5.02. The van der Waals surface area contributed by atoms with Gasteiger partial charge in [0.05, 0.1) is 17.9 Å². The number of hydrogen-bond donors (Lipinski definition) is 1.